The summed E-state index contributed by atoms with van der Waals surface area (Å²) in [5.74, 6) is 2.94. The molecule has 1 N–H and O–H groups in total. The van der Waals surface area contributed by atoms with Gasteiger partial charge in [-0.05, 0) is 58.7 Å². The zero-order valence-electron chi connectivity index (χ0n) is 12.6. The number of piperidine rings is 1. The molecule has 1 atom stereocenters. The van der Waals surface area contributed by atoms with Crippen molar-refractivity contribution in [2.24, 2.45) is 5.92 Å². The molecule has 2 fully saturated rings. The summed E-state index contributed by atoms with van der Waals surface area (Å²) in [6.07, 6.45) is 4.46. The van der Waals surface area contributed by atoms with E-state index in [9.17, 15) is 0 Å². The van der Waals surface area contributed by atoms with E-state index in [2.05, 4.69) is 34.2 Å². The first-order valence-corrected chi connectivity index (χ1v) is 7.99. The predicted octanol–water partition coefficient (Wildman–Crippen LogP) is 1.81. The quantitative estimate of drug-likeness (QED) is 0.910. The lowest BCUT2D eigenvalue weighted by Crippen LogP contribution is -2.28. The molecular weight excluding hydrogens is 252 g/mol. The minimum absolute atomic E-state index is 0.490. The molecule has 1 aromatic heterocycles. The van der Waals surface area contributed by atoms with Crippen LogP contribution in [0.1, 0.15) is 50.7 Å². The van der Waals surface area contributed by atoms with Crippen LogP contribution >= 0.6 is 0 Å². The molecule has 2 aliphatic rings. The van der Waals surface area contributed by atoms with Gasteiger partial charge in [0.25, 0.3) is 0 Å². The molecule has 5 nitrogen and oxygen atoms in total. The van der Waals surface area contributed by atoms with Crippen LogP contribution in [0.3, 0.4) is 0 Å². The molecule has 0 saturated carbocycles. The highest BCUT2D eigenvalue weighted by Gasteiger charge is 2.27. The SMILES string of the molecule is CC(C)N1CCC(Cc2nc(C3CCNCC3)no2)C1. The van der Waals surface area contributed by atoms with Crippen LogP contribution in [0, 0.1) is 5.92 Å². The lowest BCUT2D eigenvalue weighted by atomic mass is 9.97. The Morgan fingerprint density at radius 3 is 2.80 bits per heavy atom. The summed E-state index contributed by atoms with van der Waals surface area (Å²) in [7, 11) is 0. The van der Waals surface area contributed by atoms with E-state index in [-0.39, 0.29) is 0 Å². The molecule has 112 valence electrons. The third-order valence-electron chi connectivity index (χ3n) is 4.70. The Morgan fingerprint density at radius 2 is 2.10 bits per heavy atom. The minimum atomic E-state index is 0.490. The smallest absolute Gasteiger partial charge is 0.226 e. The van der Waals surface area contributed by atoms with E-state index >= 15 is 0 Å². The molecule has 0 aromatic carbocycles. The Hall–Kier alpha value is -0.940. The fourth-order valence-electron chi connectivity index (χ4n) is 3.34. The highest BCUT2D eigenvalue weighted by Crippen LogP contribution is 2.25. The zero-order valence-corrected chi connectivity index (χ0v) is 12.6. The first kappa shape index (κ1) is 14.0. The van der Waals surface area contributed by atoms with Crippen LogP contribution in [0.4, 0.5) is 0 Å². The van der Waals surface area contributed by atoms with Crippen molar-refractivity contribution in [1.82, 2.24) is 20.4 Å². The number of aromatic nitrogens is 2. The zero-order chi connectivity index (χ0) is 13.9. The second-order valence-corrected chi connectivity index (χ2v) is 6.52. The highest BCUT2D eigenvalue weighted by molar-refractivity contribution is 4.98. The molecule has 0 bridgehead atoms. The lowest BCUT2D eigenvalue weighted by Gasteiger charge is -2.19. The topological polar surface area (TPSA) is 54.2 Å². The molecule has 2 aliphatic heterocycles. The summed E-state index contributed by atoms with van der Waals surface area (Å²) in [6.45, 7) is 9.05. The Balaban J connectivity index is 1.55. The fraction of sp³-hybridized carbons (Fsp3) is 0.867. The summed E-state index contributed by atoms with van der Waals surface area (Å²) in [4.78, 5) is 7.18. The second-order valence-electron chi connectivity index (χ2n) is 6.52. The summed E-state index contributed by atoms with van der Waals surface area (Å²) >= 11 is 0. The molecule has 20 heavy (non-hydrogen) atoms. The third-order valence-corrected chi connectivity index (χ3v) is 4.70. The van der Waals surface area contributed by atoms with Crippen molar-refractivity contribution in [1.29, 1.82) is 0 Å². The minimum Gasteiger partial charge on any atom is -0.339 e. The maximum atomic E-state index is 5.48. The van der Waals surface area contributed by atoms with Crippen molar-refractivity contribution < 1.29 is 4.52 Å². The van der Waals surface area contributed by atoms with Gasteiger partial charge in [0.05, 0.1) is 0 Å². The van der Waals surface area contributed by atoms with Crippen molar-refractivity contribution in [3.63, 3.8) is 0 Å². The molecule has 1 aromatic rings. The van der Waals surface area contributed by atoms with E-state index in [1.165, 1.54) is 19.5 Å². The Morgan fingerprint density at radius 1 is 1.30 bits per heavy atom. The lowest BCUT2D eigenvalue weighted by molar-refractivity contribution is 0.260. The van der Waals surface area contributed by atoms with Gasteiger partial charge in [0.15, 0.2) is 5.82 Å². The van der Waals surface area contributed by atoms with Crippen molar-refractivity contribution in [3.05, 3.63) is 11.7 Å². The van der Waals surface area contributed by atoms with Crippen molar-refractivity contribution in [3.8, 4) is 0 Å². The van der Waals surface area contributed by atoms with Crippen LogP contribution in [0.5, 0.6) is 0 Å². The molecule has 1 unspecified atom stereocenters. The largest absolute Gasteiger partial charge is 0.339 e. The van der Waals surface area contributed by atoms with Crippen molar-refractivity contribution in [2.75, 3.05) is 26.2 Å². The molecular formula is C15H26N4O. The van der Waals surface area contributed by atoms with Crippen LogP contribution in [0.25, 0.3) is 0 Å². The van der Waals surface area contributed by atoms with Gasteiger partial charge < -0.3 is 14.7 Å². The molecule has 5 heteroatoms. The van der Waals surface area contributed by atoms with Gasteiger partial charge in [0.2, 0.25) is 5.89 Å². The number of hydrogen-bond acceptors (Lipinski definition) is 5. The van der Waals surface area contributed by atoms with E-state index in [1.54, 1.807) is 0 Å². The molecule has 0 radical (unpaired) electrons. The van der Waals surface area contributed by atoms with Gasteiger partial charge in [-0.25, -0.2) is 0 Å². The van der Waals surface area contributed by atoms with E-state index in [1.807, 2.05) is 0 Å². The van der Waals surface area contributed by atoms with Crippen LogP contribution in [-0.4, -0.2) is 47.3 Å². The van der Waals surface area contributed by atoms with Gasteiger partial charge in [0, 0.05) is 24.9 Å². The van der Waals surface area contributed by atoms with Gasteiger partial charge in [-0.15, -0.1) is 0 Å². The first-order valence-electron chi connectivity index (χ1n) is 7.99. The number of hydrogen-bond donors (Lipinski definition) is 1. The Bertz CT molecular complexity index is 425. The maximum absolute atomic E-state index is 5.48. The normalized spacial score (nSPS) is 25.6. The van der Waals surface area contributed by atoms with E-state index in [4.69, 9.17) is 4.52 Å². The monoisotopic (exact) mass is 278 g/mol. The van der Waals surface area contributed by atoms with E-state index in [0.717, 1.165) is 44.1 Å². The van der Waals surface area contributed by atoms with E-state index in [0.29, 0.717) is 17.9 Å². The highest BCUT2D eigenvalue weighted by atomic mass is 16.5. The summed E-state index contributed by atoms with van der Waals surface area (Å²) < 4.78 is 5.48. The molecule has 0 aliphatic carbocycles. The summed E-state index contributed by atoms with van der Waals surface area (Å²) in [6, 6.07) is 0.646. The van der Waals surface area contributed by atoms with Crippen LogP contribution in [0.15, 0.2) is 4.52 Å². The van der Waals surface area contributed by atoms with Crippen LogP contribution in [-0.2, 0) is 6.42 Å². The molecule has 3 rings (SSSR count). The van der Waals surface area contributed by atoms with Gasteiger partial charge in [0.1, 0.15) is 0 Å². The predicted molar refractivity (Wildman–Crippen MR) is 77.7 cm³/mol. The number of nitrogens with one attached hydrogen (secondary N) is 1. The Kier molecular flexibility index (Phi) is 4.36. The third kappa shape index (κ3) is 3.20. The van der Waals surface area contributed by atoms with Crippen molar-refractivity contribution >= 4 is 0 Å². The van der Waals surface area contributed by atoms with Gasteiger partial charge in [-0.3, -0.25) is 0 Å². The maximum Gasteiger partial charge on any atom is 0.226 e. The van der Waals surface area contributed by atoms with Crippen LogP contribution < -0.4 is 5.32 Å². The molecule has 0 amide bonds. The standard InChI is InChI=1S/C15H26N4O/c1-11(2)19-8-5-12(10-19)9-14-17-15(18-20-14)13-3-6-16-7-4-13/h11-13,16H,3-10H2,1-2H3. The average Bonchev–Trinajstić information content (AvgIpc) is 3.10. The second kappa shape index (κ2) is 6.22. The van der Waals surface area contributed by atoms with Gasteiger partial charge in [-0.2, -0.15) is 4.98 Å². The molecule has 3 heterocycles. The number of likely N-dealkylation sites (tertiary alicyclic amines) is 1. The van der Waals surface area contributed by atoms with E-state index < -0.39 is 0 Å². The number of rotatable bonds is 4. The summed E-state index contributed by atoms with van der Waals surface area (Å²) in [5.41, 5.74) is 0. The molecule has 2 saturated heterocycles. The molecule has 0 spiro atoms. The first-order chi connectivity index (χ1) is 9.72. The average molecular weight is 278 g/mol. The Labute approximate surface area is 121 Å². The van der Waals surface area contributed by atoms with Gasteiger partial charge in [-0.1, -0.05) is 5.16 Å². The summed E-state index contributed by atoms with van der Waals surface area (Å²) in [5, 5.41) is 7.58. The fourth-order valence-corrected chi connectivity index (χ4v) is 3.34. The van der Waals surface area contributed by atoms with Crippen LogP contribution in [0.2, 0.25) is 0 Å². The number of nitrogens with zero attached hydrogens (tertiary/aromatic N) is 3. The van der Waals surface area contributed by atoms with Gasteiger partial charge >= 0.3 is 0 Å². The van der Waals surface area contributed by atoms with Crippen molar-refractivity contribution in [2.45, 2.75) is 51.5 Å².